The Morgan fingerprint density at radius 2 is 1.79 bits per heavy atom. The smallest absolute Gasteiger partial charge is 0.221 e. The van der Waals surface area contributed by atoms with Gasteiger partial charge in [-0.05, 0) is 53.6 Å². The maximum atomic E-state index is 12.3. The van der Waals surface area contributed by atoms with E-state index in [1.54, 1.807) is 18.2 Å². The fraction of sp³-hybridized carbons (Fsp3) is 0.0435. The van der Waals surface area contributed by atoms with Gasteiger partial charge in [-0.25, -0.2) is 4.98 Å². The number of halogens is 2. The van der Waals surface area contributed by atoms with Gasteiger partial charge in [0.05, 0.1) is 21.1 Å². The SMILES string of the molecule is O=C(/C=C/c1ccc(OCc2ccc(Cl)c(Cl)c2)cc1)c1nc2ccccc2[nH]1. The number of hydrogen-bond acceptors (Lipinski definition) is 3. The number of aromatic nitrogens is 2. The highest BCUT2D eigenvalue weighted by atomic mass is 35.5. The summed E-state index contributed by atoms with van der Waals surface area (Å²) in [7, 11) is 0. The summed E-state index contributed by atoms with van der Waals surface area (Å²) < 4.78 is 5.76. The molecule has 4 aromatic rings. The molecular formula is C23H16Cl2N2O2. The zero-order chi connectivity index (χ0) is 20.2. The molecule has 0 aliphatic heterocycles. The third kappa shape index (κ3) is 4.67. The second kappa shape index (κ2) is 8.52. The number of benzene rings is 3. The first-order chi connectivity index (χ1) is 14.1. The van der Waals surface area contributed by atoms with Crippen LogP contribution >= 0.6 is 23.2 Å². The van der Waals surface area contributed by atoms with Gasteiger partial charge in [-0.3, -0.25) is 4.79 Å². The molecule has 0 aliphatic carbocycles. The Hall–Kier alpha value is -3.08. The molecule has 6 heteroatoms. The summed E-state index contributed by atoms with van der Waals surface area (Å²) in [5.74, 6) is 0.863. The lowest BCUT2D eigenvalue weighted by Gasteiger charge is -2.07. The van der Waals surface area contributed by atoms with E-state index in [0.717, 1.165) is 27.9 Å². The van der Waals surface area contributed by atoms with E-state index in [9.17, 15) is 4.79 Å². The summed E-state index contributed by atoms with van der Waals surface area (Å²) in [6.45, 7) is 0.386. The van der Waals surface area contributed by atoms with Crippen LogP contribution < -0.4 is 4.74 Å². The predicted octanol–water partition coefficient (Wildman–Crippen LogP) is 6.34. The minimum Gasteiger partial charge on any atom is -0.489 e. The van der Waals surface area contributed by atoms with E-state index in [4.69, 9.17) is 27.9 Å². The first kappa shape index (κ1) is 19.2. The molecule has 1 heterocycles. The van der Waals surface area contributed by atoms with E-state index in [1.807, 2.05) is 54.6 Å². The van der Waals surface area contributed by atoms with Gasteiger partial charge in [0.15, 0.2) is 5.82 Å². The highest BCUT2D eigenvalue weighted by molar-refractivity contribution is 6.42. The number of ether oxygens (including phenoxy) is 1. The highest BCUT2D eigenvalue weighted by Gasteiger charge is 2.08. The van der Waals surface area contributed by atoms with Crippen LogP contribution in [0.15, 0.2) is 72.8 Å². The first-order valence-electron chi connectivity index (χ1n) is 8.92. The lowest BCUT2D eigenvalue weighted by atomic mass is 10.2. The van der Waals surface area contributed by atoms with Gasteiger partial charge < -0.3 is 9.72 Å². The Bertz CT molecular complexity index is 1160. The number of fused-ring (bicyclic) bond motifs is 1. The Labute approximate surface area is 177 Å². The topological polar surface area (TPSA) is 55.0 Å². The summed E-state index contributed by atoms with van der Waals surface area (Å²) in [5.41, 5.74) is 3.43. The van der Waals surface area contributed by atoms with Crippen LogP contribution in [-0.2, 0) is 6.61 Å². The normalized spacial score (nSPS) is 11.2. The van der Waals surface area contributed by atoms with E-state index in [2.05, 4.69) is 9.97 Å². The average Bonchev–Trinajstić information content (AvgIpc) is 3.18. The van der Waals surface area contributed by atoms with E-state index in [1.165, 1.54) is 6.08 Å². The van der Waals surface area contributed by atoms with Crippen LogP contribution in [0.2, 0.25) is 10.0 Å². The van der Waals surface area contributed by atoms with Crippen molar-refractivity contribution in [2.45, 2.75) is 6.61 Å². The fourth-order valence-electron chi connectivity index (χ4n) is 2.79. The van der Waals surface area contributed by atoms with Crippen molar-refractivity contribution in [2.24, 2.45) is 0 Å². The number of hydrogen-bond donors (Lipinski definition) is 1. The number of imidazole rings is 1. The highest BCUT2D eigenvalue weighted by Crippen LogP contribution is 2.23. The summed E-state index contributed by atoms with van der Waals surface area (Å²) in [6.07, 6.45) is 3.25. The van der Waals surface area contributed by atoms with Crippen molar-refractivity contribution < 1.29 is 9.53 Å². The molecule has 0 radical (unpaired) electrons. The van der Waals surface area contributed by atoms with E-state index in [-0.39, 0.29) is 5.78 Å². The molecule has 4 rings (SSSR count). The van der Waals surface area contributed by atoms with Crippen LogP contribution in [0.25, 0.3) is 17.1 Å². The average molecular weight is 423 g/mol. The molecule has 0 bridgehead atoms. The van der Waals surface area contributed by atoms with Gasteiger partial charge in [0.1, 0.15) is 12.4 Å². The summed E-state index contributed by atoms with van der Waals surface area (Å²) >= 11 is 11.9. The summed E-state index contributed by atoms with van der Waals surface area (Å²) in [6, 6.07) is 20.4. The molecule has 1 N–H and O–H groups in total. The van der Waals surface area contributed by atoms with Crippen LogP contribution in [0, 0.1) is 0 Å². The van der Waals surface area contributed by atoms with E-state index < -0.39 is 0 Å². The molecular weight excluding hydrogens is 407 g/mol. The number of nitrogens with zero attached hydrogens (tertiary/aromatic N) is 1. The second-order valence-electron chi connectivity index (χ2n) is 6.41. The largest absolute Gasteiger partial charge is 0.489 e. The Morgan fingerprint density at radius 1 is 1.00 bits per heavy atom. The van der Waals surface area contributed by atoms with Gasteiger partial charge in [-0.15, -0.1) is 0 Å². The third-order valence-electron chi connectivity index (χ3n) is 4.32. The molecule has 0 saturated carbocycles. The maximum absolute atomic E-state index is 12.3. The molecule has 0 saturated heterocycles. The lowest BCUT2D eigenvalue weighted by molar-refractivity contribution is 0.103. The lowest BCUT2D eigenvalue weighted by Crippen LogP contribution is -1.97. The Morgan fingerprint density at radius 3 is 2.55 bits per heavy atom. The molecule has 0 aliphatic rings. The zero-order valence-electron chi connectivity index (χ0n) is 15.2. The number of rotatable bonds is 6. The molecule has 0 amide bonds. The first-order valence-corrected chi connectivity index (χ1v) is 9.68. The van der Waals surface area contributed by atoms with Crippen molar-refractivity contribution in [3.8, 4) is 5.75 Å². The van der Waals surface area contributed by atoms with Gasteiger partial charge in [0, 0.05) is 0 Å². The van der Waals surface area contributed by atoms with E-state index in [0.29, 0.717) is 22.5 Å². The maximum Gasteiger partial charge on any atom is 0.221 e. The van der Waals surface area contributed by atoms with Crippen LogP contribution in [0.3, 0.4) is 0 Å². The number of nitrogens with one attached hydrogen (secondary N) is 1. The predicted molar refractivity (Wildman–Crippen MR) is 117 cm³/mol. The summed E-state index contributed by atoms with van der Waals surface area (Å²) in [5, 5.41) is 1.02. The van der Waals surface area contributed by atoms with Crippen LogP contribution in [-0.4, -0.2) is 15.8 Å². The number of carbonyl (C=O) groups excluding carboxylic acids is 1. The number of ketones is 1. The second-order valence-corrected chi connectivity index (χ2v) is 7.22. The Kier molecular flexibility index (Phi) is 5.65. The van der Waals surface area contributed by atoms with Crippen LogP contribution in [0.4, 0.5) is 0 Å². The number of allylic oxidation sites excluding steroid dienone is 1. The van der Waals surface area contributed by atoms with Crippen LogP contribution in [0.5, 0.6) is 5.75 Å². The van der Waals surface area contributed by atoms with Crippen LogP contribution in [0.1, 0.15) is 21.7 Å². The number of H-pyrrole nitrogens is 1. The summed E-state index contributed by atoms with van der Waals surface area (Å²) in [4.78, 5) is 19.7. The molecule has 0 spiro atoms. The monoisotopic (exact) mass is 422 g/mol. The molecule has 0 atom stereocenters. The van der Waals surface area contributed by atoms with Crippen molar-refractivity contribution in [3.63, 3.8) is 0 Å². The van der Waals surface area contributed by atoms with Crippen molar-refractivity contribution in [2.75, 3.05) is 0 Å². The number of aromatic amines is 1. The molecule has 1 aromatic heterocycles. The minimum atomic E-state index is -0.179. The quantitative estimate of drug-likeness (QED) is 0.291. The van der Waals surface area contributed by atoms with Crippen molar-refractivity contribution in [1.82, 2.24) is 9.97 Å². The molecule has 4 nitrogen and oxygen atoms in total. The fourth-order valence-corrected chi connectivity index (χ4v) is 3.11. The molecule has 0 fully saturated rings. The van der Waals surface area contributed by atoms with E-state index >= 15 is 0 Å². The molecule has 144 valence electrons. The van der Waals surface area contributed by atoms with Gasteiger partial charge in [0.2, 0.25) is 5.78 Å². The standard InChI is InChI=1S/C23H16Cl2N2O2/c24-18-11-7-16(13-19(18)25)14-29-17-9-5-15(6-10-17)8-12-22(28)23-26-20-3-1-2-4-21(20)27-23/h1-13H,14H2,(H,26,27)/b12-8+. The van der Waals surface area contributed by atoms with Crippen molar-refractivity contribution in [3.05, 3.63) is 99.8 Å². The van der Waals surface area contributed by atoms with Gasteiger partial charge in [0.25, 0.3) is 0 Å². The number of carbonyl (C=O) groups is 1. The minimum absolute atomic E-state index is 0.179. The third-order valence-corrected chi connectivity index (χ3v) is 5.06. The molecule has 3 aromatic carbocycles. The van der Waals surface area contributed by atoms with Gasteiger partial charge in [-0.1, -0.05) is 59.6 Å². The molecule has 0 unspecified atom stereocenters. The zero-order valence-corrected chi connectivity index (χ0v) is 16.7. The van der Waals surface area contributed by atoms with Crippen molar-refractivity contribution in [1.29, 1.82) is 0 Å². The Balaban J connectivity index is 1.38. The van der Waals surface area contributed by atoms with Gasteiger partial charge >= 0.3 is 0 Å². The van der Waals surface area contributed by atoms with Crippen molar-refractivity contribution >= 4 is 46.1 Å². The number of para-hydroxylation sites is 2. The molecule has 29 heavy (non-hydrogen) atoms. The van der Waals surface area contributed by atoms with Gasteiger partial charge in [-0.2, -0.15) is 0 Å².